The zero-order chi connectivity index (χ0) is 13.5. The van der Waals surface area contributed by atoms with E-state index in [4.69, 9.17) is 0 Å². The molecule has 0 aliphatic heterocycles. The maximum atomic E-state index is 11.9. The molecule has 18 heavy (non-hydrogen) atoms. The fourth-order valence-electron chi connectivity index (χ4n) is 2.34. The highest BCUT2D eigenvalue weighted by Crippen LogP contribution is 2.18. The molecular weight excluding hydrogens is 228 g/mol. The first kappa shape index (κ1) is 15.4. The van der Waals surface area contributed by atoms with Crippen LogP contribution in [0.5, 0.6) is 0 Å². The molecular formula is C14H28N2O2. The lowest BCUT2D eigenvalue weighted by Gasteiger charge is -2.25. The van der Waals surface area contributed by atoms with Crippen molar-refractivity contribution in [3.63, 3.8) is 0 Å². The summed E-state index contributed by atoms with van der Waals surface area (Å²) in [4.78, 5) is 11.9. The third-order valence-electron chi connectivity index (χ3n) is 3.52. The average Bonchev–Trinajstić information content (AvgIpc) is 2.51. The number of carbonyl (C=O) groups excluding carboxylic acids is 1. The lowest BCUT2D eigenvalue weighted by Crippen LogP contribution is -2.50. The van der Waals surface area contributed by atoms with Gasteiger partial charge in [0.05, 0.1) is 12.1 Å². The zero-order valence-corrected chi connectivity index (χ0v) is 11.9. The van der Waals surface area contributed by atoms with E-state index in [9.17, 15) is 9.90 Å². The third-order valence-corrected chi connectivity index (χ3v) is 3.52. The predicted molar refractivity (Wildman–Crippen MR) is 73.3 cm³/mol. The van der Waals surface area contributed by atoms with Gasteiger partial charge in [0.1, 0.15) is 0 Å². The Balaban J connectivity index is 2.37. The number of carbonyl (C=O) groups is 1. The first-order chi connectivity index (χ1) is 8.50. The highest BCUT2D eigenvalue weighted by molar-refractivity contribution is 5.81. The van der Waals surface area contributed by atoms with Crippen LogP contribution in [0.4, 0.5) is 0 Å². The van der Waals surface area contributed by atoms with Crippen LogP contribution >= 0.6 is 0 Å². The first-order valence-electron chi connectivity index (χ1n) is 7.22. The zero-order valence-electron chi connectivity index (χ0n) is 11.9. The van der Waals surface area contributed by atoms with Crippen LogP contribution in [0.25, 0.3) is 0 Å². The molecule has 1 saturated carbocycles. The van der Waals surface area contributed by atoms with E-state index in [1.165, 1.54) is 6.42 Å². The van der Waals surface area contributed by atoms with Gasteiger partial charge in [0, 0.05) is 12.6 Å². The Labute approximate surface area is 111 Å². The Hall–Kier alpha value is -0.610. The van der Waals surface area contributed by atoms with Crippen molar-refractivity contribution in [2.24, 2.45) is 5.92 Å². The maximum absolute atomic E-state index is 11.9. The molecule has 3 N–H and O–H groups in total. The fourth-order valence-corrected chi connectivity index (χ4v) is 2.34. The first-order valence-corrected chi connectivity index (χ1v) is 7.22. The predicted octanol–water partition coefficient (Wildman–Crippen LogP) is 1.43. The second-order valence-corrected chi connectivity index (χ2v) is 5.84. The summed E-state index contributed by atoms with van der Waals surface area (Å²) in [5, 5.41) is 16.2. The second kappa shape index (κ2) is 7.74. The summed E-state index contributed by atoms with van der Waals surface area (Å²) in [7, 11) is 0. The van der Waals surface area contributed by atoms with Crippen LogP contribution in [0, 0.1) is 5.92 Å². The molecule has 1 rings (SSSR count). The molecule has 1 aliphatic rings. The van der Waals surface area contributed by atoms with Crippen molar-refractivity contribution in [2.45, 2.75) is 71.1 Å². The van der Waals surface area contributed by atoms with Crippen LogP contribution in [0.2, 0.25) is 0 Å². The molecule has 3 atom stereocenters. The summed E-state index contributed by atoms with van der Waals surface area (Å²) in [5.74, 6) is 0.491. The summed E-state index contributed by atoms with van der Waals surface area (Å²) >= 11 is 0. The van der Waals surface area contributed by atoms with Gasteiger partial charge in [-0.05, 0) is 25.7 Å². The Morgan fingerprint density at radius 2 is 1.89 bits per heavy atom. The van der Waals surface area contributed by atoms with E-state index in [0.717, 1.165) is 25.7 Å². The largest absolute Gasteiger partial charge is 0.392 e. The van der Waals surface area contributed by atoms with Gasteiger partial charge in [-0.15, -0.1) is 0 Å². The van der Waals surface area contributed by atoms with Crippen molar-refractivity contribution in [3.05, 3.63) is 0 Å². The molecule has 0 spiro atoms. The van der Waals surface area contributed by atoms with E-state index in [2.05, 4.69) is 24.5 Å². The van der Waals surface area contributed by atoms with Crippen molar-refractivity contribution >= 4 is 5.91 Å². The van der Waals surface area contributed by atoms with Crippen molar-refractivity contribution in [2.75, 3.05) is 6.54 Å². The van der Waals surface area contributed by atoms with Crippen LogP contribution in [0.15, 0.2) is 0 Å². The van der Waals surface area contributed by atoms with Crippen LogP contribution < -0.4 is 10.6 Å². The molecule has 0 aromatic rings. The highest BCUT2D eigenvalue weighted by Gasteiger charge is 2.24. The molecule has 4 nitrogen and oxygen atoms in total. The van der Waals surface area contributed by atoms with Gasteiger partial charge in [-0.3, -0.25) is 4.79 Å². The minimum Gasteiger partial charge on any atom is -0.392 e. The van der Waals surface area contributed by atoms with Crippen LogP contribution in [-0.4, -0.2) is 35.7 Å². The maximum Gasteiger partial charge on any atom is 0.236 e. The Morgan fingerprint density at radius 1 is 1.22 bits per heavy atom. The molecule has 1 aliphatic carbocycles. The van der Waals surface area contributed by atoms with E-state index >= 15 is 0 Å². The fraction of sp³-hybridized carbons (Fsp3) is 0.929. The molecule has 0 saturated heterocycles. The van der Waals surface area contributed by atoms with E-state index in [1.807, 2.05) is 6.92 Å². The normalized spacial score (nSPS) is 26.7. The SMILES string of the molecule is CC(C)CNC(=O)C(C)NC1CCCCCC1O. The monoisotopic (exact) mass is 256 g/mol. The van der Waals surface area contributed by atoms with Crippen LogP contribution in [0.1, 0.15) is 52.9 Å². The molecule has 106 valence electrons. The van der Waals surface area contributed by atoms with Crippen molar-refractivity contribution in [1.82, 2.24) is 10.6 Å². The Morgan fingerprint density at radius 3 is 2.56 bits per heavy atom. The number of hydrogen-bond donors (Lipinski definition) is 3. The lowest BCUT2D eigenvalue weighted by molar-refractivity contribution is -0.123. The third kappa shape index (κ3) is 5.36. The van der Waals surface area contributed by atoms with Crippen molar-refractivity contribution < 1.29 is 9.90 Å². The molecule has 1 amide bonds. The smallest absolute Gasteiger partial charge is 0.236 e. The number of aliphatic hydroxyl groups excluding tert-OH is 1. The van der Waals surface area contributed by atoms with E-state index in [1.54, 1.807) is 0 Å². The Kier molecular flexibility index (Phi) is 6.65. The van der Waals surface area contributed by atoms with Gasteiger partial charge >= 0.3 is 0 Å². The van der Waals surface area contributed by atoms with Gasteiger partial charge in [-0.2, -0.15) is 0 Å². The summed E-state index contributed by atoms with van der Waals surface area (Å²) in [6.45, 7) is 6.73. The number of hydrogen-bond acceptors (Lipinski definition) is 3. The molecule has 0 aromatic heterocycles. The van der Waals surface area contributed by atoms with Gasteiger partial charge in [0.25, 0.3) is 0 Å². The molecule has 0 aromatic carbocycles. The number of nitrogens with one attached hydrogen (secondary N) is 2. The molecule has 1 fully saturated rings. The number of aliphatic hydroxyl groups is 1. The molecule has 0 radical (unpaired) electrons. The number of amides is 1. The second-order valence-electron chi connectivity index (χ2n) is 5.84. The van der Waals surface area contributed by atoms with Gasteiger partial charge in [0.2, 0.25) is 5.91 Å². The summed E-state index contributed by atoms with van der Waals surface area (Å²) in [5.41, 5.74) is 0. The molecule has 0 bridgehead atoms. The molecule has 3 unspecified atom stereocenters. The quantitative estimate of drug-likeness (QED) is 0.652. The average molecular weight is 256 g/mol. The summed E-state index contributed by atoms with van der Waals surface area (Å²) in [6, 6.07) is -0.172. The van der Waals surface area contributed by atoms with E-state index in [-0.39, 0.29) is 24.1 Å². The molecule has 0 heterocycles. The summed E-state index contributed by atoms with van der Waals surface area (Å²) < 4.78 is 0. The van der Waals surface area contributed by atoms with Crippen LogP contribution in [0.3, 0.4) is 0 Å². The molecule has 4 heteroatoms. The van der Waals surface area contributed by atoms with Gasteiger partial charge in [-0.1, -0.05) is 33.1 Å². The van der Waals surface area contributed by atoms with Crippen molar-refractivity contribution in [3.8, 4) is 0 Å². The van der Waals surface area contributed by atoms with E-state index in [0.29, 0.717) is 12.5 Å². The number of rotatable bonds is 5. The minimum absolute atomic E-state index is 0.0279. The van der Waals surface area contributed by atoms with Gasteiger partial charge in [-0.25, -0.2) is 0 Å². The van der Waals surface area contributed by atoms with Crippen LogP contribution in [-0.2, 0) is 4.79 Å². The van der Waals surface area contributed by atoms with Gasteiger partial charge < -0.3 is 15.7 Å². The topological polar surface area (TPSA) is 61.4 Å². The summed E-state index contributed by atoms with van der Waals surface area (Å²) in [6.07, 6.45) is 4.90. The highest BCUT2D eigenvalue weighted by atomic mass is 16.3. The van der Waals surface area contributed by atoms with E-state index < -0.39 is 0 Å². The van der Waals surface area contributed by atoms with Crippen molar-refractivity contribution in [1.29, 1.82) is 0 Å². The minimum atomic E-state index is -0.312. The lowest BCUT2D eigenvalue weighted by atomic mass is 10.0. The Bertz CT molecular complexity index is 256. The van der Waals surface area contributed by atoms with Gasteiger partial charge in [0.15, 0.2) is 0 Å². The standard InChI is InChI=1S/C14H28N2O2/c1-10(2)9-15-14(18)11(3)16-12-7-5-4-6-8-13(12)17/h10-13,16-17H,4-9H2,1-3H3,(H,15,18).